The molecule has 0 amide bonds. The van der Waals surface area contributed by atoms with Crippen LogP contribution in [0.3, 0.4) is 0 Å². The highest BCUT2D eigenvalue weighted by Gasteiger charge is 2.04. The van der Waals surface area contributed by atoms with Gasteiger partial charge in [-0.1, -0.05) is 12.1 Å². The van der Waals surface area contributed by atoms with Crippen LogP contribution < -0.4 is 0 Å². The van der Waals surface area contributed by atoms with Crippen molar-refractivity contribution in [3.63, 3.8) is 0 Å². The molecule has 0 aliphatic carbocycles. The largest absolute Gasteiger partial charge is 0.269 e. The summed E-state index contributed by atoms with van der Waals surface area (Å²) in [6, 6.07) is 6.35. The Bertz CT molecular complexity index is 288. The Labute approximate surface area is 75.1 Å². The van der Waals surface area contributed by atoms with Crippen molar-refractivity contribution < 1.29 is 4.92 Å². The molecule has 0 N–H and O–H groups in total. The van der Waals surface area contributed by atoms with Gasteiger partial charge in [-0.2, -0.15) is 0 Å². The summed E-state index contributed by atoms with van der Waals surface area (Å²) in [6.45, 7) is 0. The molecule has 0 aliphatic heterocycles. The Kier molecular flexibility index (Phi) is 3.05. The van der Waals surface area contributed by atoms with Crippen molar-refractivity contribution in [1.82, 2.24) is 0 Å². The molecule has 1 rings (SSSR count). The van der Waals surface area contributed by atoms with Crippen LogP contribution in [0.5, 0.6) is 0 Å². The van der Waals surface area contributed by atoms with Gasteiger partial charge in [0.2, 0.25) is 0 Å². The lowest BCUT2D eigenvalue weighted by Gasteiger charge is -1.95. The van der Waals surface area contributed by atoms with E-state index in [1.807, 2.05) is 0 Å². The fourth-order valence-corrected chi connectivity index (χ4v) is 1.03. The fraction of sp³-hybridized carbons (Fsp3) is 0.125. The van der Waals surface area contributed by atoms with E-state index < -0.39 is 4.92 Å². The number of hydrogen-bond acceptors (Lipinski definition) is 2. The van der Waals surface area contributed by atoms with Crippen molar-refractivity contribution in [3.8, 4) is 0 Å². The molecule has 0 aromatic heterocycles. The van der Waals surface area contributed by atoms with Crippen LogP contribution in [0.4, 0.5) is 5.69 Å². The first-order valence-electron chi connectivity index (χ1n) is 3.37. The van der Waals surface area contributed by atoms with Crippen molar-refractivity contribution in [2.45, 2.75) is 0 Å². The first kappa shape index (κ1) is 9.00. The van der Waals surface area contributed by atoms with Gasteiger partial charge in [0, 0.05) is 24.4 Å². The Morgan fingerprint density at radius 1 is 1.58 bits per heavy atom. The predicted octanol–water partition coefficient (Wildman–Crippen LogP) is 2.39. The van der Waals surface area contributed by atoms with Gasteiger partial charge < -0.3 is 0 Å². The van der Waals surface area contributed by atoms with Crippen molar-refractivity contribution in [2.75, 3.05) is 5.88 Å². The van der Waals surface area contributed by atoms with Crippen LogP contribution in [-0.4, -0.2) is 10.8 Å². The predicted molar refractivity (Wildman–Crippen MR) is 47.2 cm³/mol. The first-order chi connectivity index (χ1) is 5.74. The third kappa shape index (κ3) is 2.20. The number of rotatable bonds is 3. The molecule has 0 aliphatic rings. The molecular weight excluding hydrogens is 178 g/mol. The van der Waals surface area contributed by atoms with Crippen LogP contribution in [0, 0.1) is 16.5 Å². The topological polar surface area (TPSA) is 43.1 Å². The van der Waals surface area contributed by atoms with E-state index >= 15 is 0 Å². The van der Waals surface area contributed by atoms with Crippen LogP contribution in [0.25, 0.3) is 0 Å². The summed E-state index contributed by atoms with van der Waals surface area (Å²) in [5, 5.41) is 10.3. The molecule has 0 fully saturated rings. The van der Waals surface area contributed by atoms with E-state index in [-0.39, 0.29) is 5.69 Å². The van der Waals surface area contributed by atoms with Gasteiger partial charge in [0.1, 0.15) is 0 Å². The smallest absolute Gasteiger partial charge is 0.258 e. The number of benzene rings is 1. The van der Waals surface area contributed by atoms with Crippen molar-refractivity contribution in [3.05, 3.63) is 46.4 Å². The van der Waals surface area contributed by atoms with Crippen LogP contribution in [0.1, 0.15) is 5.56 Å². The molecule has 12 heavy (non-hydrogen) atoms. The van der Waals surface area contributed by atoms with Crippen LogP contribution in [-0.2, 0) is 0 Å². The van der Waals surface area contributed by atoms with Gasteiger partial charge in [-0.15, -0.1) is 11.6 Å². The summed E-state index contributed by atoms with van der Waals surface area (Å²) in [4.78, 5) is 9.89. The van der Waals surface area contributed by atoms with E-state index in [1.165, 1.54) is 12.1 Å². The van der Waals surface area contributed by atoms with Gasteiger partial charge in [0.15, 0.2) is 0 Å². The summed E-state index contributed by atoms with van der Waals surface area (Å²) in [6.07, 6.45) is 1.72. The zero-order chi connectivity index (χ0) is 8.97. The highest BCUT2D eigenvalue weighted by atomic mass is 35.5. The Balaban J connectivity index is 2.88. The maximum Gasteiger partial charge on any atom is 0.269 e. The summed E-state index contributed by atoms with van der Waals surface area (Å²) >= 11 is 5.44. The Hall–Kier alpha value is -1.09. The minimum atomic E-state index is -0.425. The van der Waals surface area contributed by atoms with Gasteiger partial charge in [-0.3, -0.25) is 10.1 Å². The number of nitrogens with zero attached hydrogens (tertiary/aromatic N) is 1. The second-order valence-corrected chi connectivity index (χ2v) is 2.52. The van der Waals surface area contributed by atoms with Gasteiger partial charge in [-0.25, -0.2) is 0 Å². The fourth-order valence-electron chi connectivity index (χ4n) is 0.854. The first-order valence-corrected chi connectivity index (χ1v) is 3.91. The standard InChI is InChI=1S/C8H7ClNO2/c9-5-4-7-2-1-3-8(6-7)10(11)12/h1-4,6H,5H2. The third-order valence-corrected chi connectivity index (χ3v) is 1.55. The molecule has 1 radical (unpaired) electrons. The molecule has 0 saturated carbocycles. The number of non-ortho nitro benzene ring substituents is 1. The van der Waals surface area contributed by atoms with Crippen LogP contribution >= 0.6 is 11.6 Å². The van der Waals surface area contributed by atoms with E-state index in [2.05, 4.69) is 0 Å². The average Bonchev–Trinajstić information content (AvgIpc) is 2.05. The van der Waals surface area contributed by atoms with E-state index in [0.717, 1.165) is 5.56 Å². The molecular formula is C8H7ClNO2. The lowest BCUT2D eigenvalue weighted by Crippen LogP contribution is -1.89. The maximum atomic E-state index is 10.3. The number of nitro benzene ring substituents is 1. The molecule has 0 bridgehead atoms. The molecule has 0 heterocycles. The summed E-state index contributed by atoms with van der Waals surface area (Å²) in [5.74, 6) is 0.362. The van der Waals surface area contributed by atoms with E-state index in [4.69, 9.17) is 11.6 Å². The molecule has 0 unspecified atom stereocenters. The minimum Gasteiger partial charge on any atom is -0.258 e. The summed E-state index contributed by atoms with van der Waals surface area (Å²) in [7, 11) is 0. The molecule has 1 aromatic rings. The van der Waals surface area contributed by atoms with Gasteiger partial charge in [0.25, 0.3) is 5.69 Å². The van der Waals surface area contributed by atoms with Gasteiger partial charge >= 0.3 is 0 Å². The SMILES string of the molecule is O=[N+]([O-])c1cccc([CH]CCl)c1. The monoisotopic (exact) mass is 184 g/mol. The second kappa shape index (κ2) is 4.07. The number of hydrogen-bond donors (Lipinski definition) is 0. The van der Waals surface area contributed by atoms with E-state index in [1.54, 1.807) is 18.6 Å². The molecule has 0 spiro atoms. The van der Waals surface area contributed by atoms with Crippen molar-refractivity contribution >= 4 is 17.3 Å². The molecule has 63 valence electrons. The van der Waals surface area contributed by atoms with Gasteiger partial charge in [0.05, 0.1) is 4.92 Å². The Morgan fingerprint density at radius 2 is 2.33 bits per heavy atom. The normalized spacial score (nSPS) is 9.75. The van der Waals surface area contributed by atoms with E-state index in [9.17, 15) is 10.1 Å². The third-order valence-electron chi connectivity index (χ3n) is 1.39. The zero-order valence-corrected chi connectivity index (χ0v) is 6.99. The number of alkyl halides is 1. The summed E-state index contributed by atoms with van der Waals surface area (Å²) in [5.41, 5.74) is 0.869. The second-order valence-electron chi connectivity index (χ2n) is 2.21. The molecule has 4 heteroatoms. The zero-order valence-electron chi connectivity index (χ0n) is 6.24. The van der Waals surface area contributed by atoms with Crippen LogP contribution in [0.15, 0.2) is 24.3 Å². The number of halogens is 1. The molecule has 1 aromatic carbocycles. The highest BCUT2D eigenvalue weighted by molar-refractivity contribution is 6.18. The summed E-state index contributed by atoms with van der Waals surface area (Å²) < 4.78 is 0. The maximum absolute atomic E-state index is 10.3. The van der Waals surface area contributed by atoms with Gasteiger partial charge in [-0.05, 0) is 5.56 Å². The average molecular weight is 185 g/mol. The van der Waals surface area contributed by atoms with Crippen molar-refractivity contribution in [1.29, 1.82) is 0 Å². The quantitative estimate of drug-likeness (QED) is 0.411. The highest BCUT2D eigenvalue weighted by Crippen LogP contribution is 2.14. The molecule has 0 saturated heterocycles. The lowest BCUT2D eigenvalue weighted by molar-refractivity contribution is -0.384. The molecule has 3 nitrogen and oxygen atoms in total. The van der Waals surface area contributed by atoms with Crippen LogP contribution in [0.2, 0.25) is 0 Å². The van der Waals surface area contributed by atoms with E-state index in [0.29, 0.717) is 5.88 Å². The molecule has 0 atom stereocenters. The minimum absolute atomic E-state index is 0.0915. The number of nitro groups is 1. The van der Waals surface area contributed by atoms with Crippen molar-refractivity contribution in [2.24, 2.45) is 0 Å². The lowest BCUT2D eigenvalue weighted by atomic mass is 10.1. The Morgan fingerprint density at radius 3 is 2.92 bits per heavy atom.